The van der Waals surface area contributed by atoms with Crippen molar-refractivity contribution in [3.8, 4) is 0 Å². The SMILES string of the molecule is C=CCc1c(SCCS(=O)(=O)c2nnn[nH]2)ccc(C(C)=O)c1Cl. The van der Waals surface area contributed by atoms with Crippen LogP contribution in [0, 0.1) is 0 Å². The van der Waals surface area contributed by atoms with E-state index in [0.29, 0.717) is 22.8 Å². The lowest BCUT2D eigenvalue weighted by molar-refractivity contribution is 0.101. The van der Waals surface area contributed by atoms with Crippen LogP contribution in [0.4, 0.5) is 0 Å². The van der Waals surface area contributed by atoms with E-state index in [0.717, 1.165) is 10.5 Å². The second-order valence-electron chi connectivity index (χ2n) is 4.83. The van der Waals surface area contributed by atoms with Gasteiger partial charge in [-0.3, -0.25) is 4.79 Å². The zero-order chi connectivity index (χ0) is 17.7. The summed E-state index contributed by atoms with van der Waals surface area (Å²) in [4.78, 5) is 12.4. The first-order chi connectivity index (χ1) is 11.4. The van der Waals surface area contributed by atoms with Crippen molar-refractivity contribution in [1.29, 1.82) is 0 Å². The number of allylic oxidation sites excluding steroid dienone is 1. The molecule has 128 valence electrons. The number of carbonyl (C=O) groups excluding carboxylic acids is 1. The molecule has 0 saturated heterocycles. The molecule has 24 heavy (non-hydrogen) atoms. The van der Waals surface area contributed by atoms with Crippen molar-refractivity contribution in [2.45, 2.75) is 23.4 Å². The number of aromatic amines is 1. The Morgan fingerprint density at radius 1 is 1.46 bits per heavy atom. The van der Waals surface area contributed by atoms with Crippen LogP contribution >= 0.6 is 23.4 Å². The molecule has 0 aliphatic carbocycles. The van der Waals surface area contributed by atoms with Gasteiger partial charge in [0, 0.05) is 16.2 Å². The highest BCUT2D eigenvalue weighted by Crippen LogP contribution is 2.32. The maximum Gasteiger partial charge on any atom is 0.265 e. The van der Waals surface area contributed by atoms with Gasteiger partial charge < -0.3 is 0 Å². The van der Waals surface area contributed by atoms with E-state index in [2.05, 4.69) is 27.2 Å². The maximum absolute atomic E-state index is 12.0. The lowest BCUT2D eigenvalue weighted by atomic mass is 10.1. The highest BCUT2D eigenvalue weighted by Gasteiger charge is 2.19. The Bertz CT molecular complexity index is 851. The molecular weight excluding hydrogens is 372 g/mol. The molecule has 0 aliphatic heterocycles. The minimum Gasteiger partial charge on any atom is -0.294 e. The number of rotatable bonds is 8. The van der Waals surface area contributed by atoms with Crippen LogP contribution in [0.5, 0.6) is 0 Å². The number of Topliss-reactive ketones (excluding diaryl/α,β-unsaturated/α-hetero) is 1. The van der Waals surface area contributed by atoms with Crippen LogP contribution in [0.25, 0.3) is 0 Å². The smallest absolute Gasteiger partial charge is 0.265 e. The largest absolute Gasteiger partial charge is 0.294 e. The number of ketones is 1. The van der Waals surface area contributed by atoms with E-state index in [-0.39, 0.29) is 16.7 Å². The van der Waals surface area contributed by atoms with Gasteiger partial charge in [-0.2, -0.15) is 0 Å². The number of sulfone groups is 1. The number of H-pyrrole nitrogens is 1. The molecule has 1 aromatic carbocycles. The minimum absolute atomic E-state index is 0.123. The summed E-state index contributed by atoms with van der Waals surface area (Å²) in [6.45, 7) is 5.14. The lowest BCUT2D eigenvalue weighted by Gasteiger charge is -2.12. The van der Waals surface area contributed by atoms with Gasteiger partial charge in [-0.05, 0) is 41.5 Å². The molecule has 1 N–H and O–H groups in total. The molecule has 2 aromatic rings. The highest BCUT2D eigenvalue weighted by molar-refractivity contribution is 8.00. The van der Waals surface area contributed by atoms with Crippen molar-refractivity contribution in [2.75, 3.05) is 11.5 Å². The molecular formula is C14H15ClN4O3S2. The zero-order valence-electron chi connectivity index (χ0n) is 12.8. The van der Waals surface area contributed by atoms with Crippen molar-refractivity contribution >= 4 is 39.0 Å². The number of nitrogens with one attached hydrogen (secondary N) is 1. The summed E-state index contributed by atoms with van der Waals surface area (Å²) in [5, 5.41) is 12.3. The van der Waals surface area contributed by atoms with E-state index in [1.54, 1.807) is 18.2 Å². The molecule has 2 rings (SSSR count). The molecule has 0 atom stereocenters. The van der Waals surface area contributed by atoms with Gasteiger partial charge in [-0.1, -0.05) is 22.8 Å². The first kappa shape index (κ1) is 18.6. The minimum atomic E-state index is -3.56. The third kappa shape index (κ3) is 4.22. The van der Waals surface area contributed by atoms with Gasteiger partial charge in [0.15, 0.2) is 5.78 Å². The van der Waals surface area contributed by atoms with Crippen molar-refractivity contribution in [3.05, 3.63) is 40.9 Å². The van der Waals surface area contributed by atoms with E-state index in [1.807, 2.05) is 0 Å². The summed E-state index contributed by atoms with van der Waals surface area (Å²) >= 11 is 7.65. The monoisotopic (exact) mass is 386 g/mol. The van der Waals surface area contributed by atoms with Gasteiger partial charge in [0.2, 0.25) is 9.84 Å². The van der Waals surface area contributed by atoms with Crippen LogP contribution in [0.3, 0.4) is 0 Å². The van der Waals surface area contributed by atoms with Crippen LogP contribution in [0.2, 0.25) is 5.02 Å². The quantitative estimate of drug-likeness (QED) is 0.421. The third-order valence-electron chi connectivity index (χ3n) is 3.16. The molecule has 0 amide bonds. The van der Waals surface area contributed by atoms with Crippen LogP contribution in [0.1, 0.15) is 22.8 Å². The van der Waals surface area contributed by atoms with E-state index in [1.165, 1.54) is 18.7 Å². The molecule has 0 aliphatic rings. The van der Waals surface area contributed by atoms with E-state index in [9.17, 15) is 13.2 Å². The third-order valence-corrected chi connectivity index (χ3v) is 6.45. The number of thioether (sulfide) groups is 1. The van der Waals surface area contributed by atoms with Gasteiger partial charge in [0.05, 0.1) is 10.8 Å². The average molecular weight is 387 g/mol. The van der Waals surface area contributed by atoms with E-state index < -0.39 is 9.84 Å². The molecule has 1 heterocycles. The fourth-order valence-corrected chi connectivity index (χ4v) is 4.91. The van der Waals surface area contributed by atoms with Gasteiger partial charge in [0.25, 0.3) is 5.16 Å². The van der Waals surface area contributed by atoms with Crippen molar-refractivity contribution in [1.82, 2.24) is 20.6 Å². The molecule has 0 unspecified atom stereocenters. The first-order valence-corrected chi connectivity index (χ1v) is 9.91. The first-order valence-electron chi connectivity index (χ1n) is 6.89. The standard InChI is InChI=1S/C14H15ClN4O3S2/c1-3-4-11-12(6-5-10(9(2)20)13(11)15)23-7-8-24(21,22)14-16-18-19-17-14/h3,5-6H,1,4,7-8H2,2H3,(H,16,17,18,19). The van der Waals surface area contributed by atoms with Crippen LogP contribution in [-0.2, 0) is 16.3 Å². The Hall–Kier alpha value is -1.71. The van der Waals surface area contributed by atoms with Crippen molar-refractivity contribution in [2.24, 2.45) is 0 Å². The molecule has 0 radical (unpaired) electrons. The van der Waals surface area contributed by atoms with Crippen LogP contribution < -0.4 is 0 Å². The number of hydrogen-bond donors (Lipinski definition) is 1. The maximum atomic E-state index is 12.0. The number of nitrogens with zero attached hydrogens (tertiary/aromatic N) is 3. The number of carbonyl (C=O) groups is 1. The Labute approximate surface area is 148 Å². The molecule has 0 spiro atoms. The molecule has 7 nitrogen and oxygen atoms in total. The predicted octanol–water partition coefficient (Wildman–Crippen LogP) is 2.35. The Balaban J connectivity index is 2.16. The van der Waals surface area contributed by atoms with Crippen LogP contribution in [-0.4, -0.2) is 46.3 Å². The average Bonchev–Trinajstić information content (AvgIpc) is 3.05. The highest BCUT2D eigenvalue weighted by atomic mass is 35.5. The summed E-state index contributed by atoms with van der Waals surface area (Å²) in [5.74, 6) is 0.0409. The van der Waals surface area contributed by atoms with Crippen molar-refractivity contribution in [3.63, 3.8) is 0 Å². The molecule has 1 aromatic heterocycles. The Morgan fingerprint density at radius 3 is 2.79 bits per heavy atom. The van der Waals surface area contributed by atoms with Gasteiger partial charge in [-0.25, -0.2) is 13.5 Å². The summed E-state index contributed by atoms with van der Waals surface area (Å²) in [6.07, 6.45) is 2.17. The van der Waals surface area contributed by atoms with Gasteiger partial charge in [0.1, 0.15) is 0 Å². The lowest BCUT2D eigenvalue weighted by Crippen LogP contribution is -2.11. The number of halogens is 1. The van der Waals surface area contributed by atoms with Crippen LogP contribution in [0.15, 0.2) is 34.8 Å². The Kier molecular flexibility index (Phi) is 6.14. The summed E-state index contributed by atoms with van der Waals surface area (Å²) in [5.41, 5.74) is 1.21. The number of benzene rings is 1. The zero-order valence-corrected chi connectivity index (χ0v) is 15.2. The number of tetrazole rings is 1. The number of hydrogen-bond acceptors (Lipinski definition) is 7. The second-order valence-corrected chi connectivity index (χ2v) is 8.37. The van der Waals surface area contributed by atoms with E-state index in [4.69, 9.17) is 11.6 Å². The summed E-state index contributed by atoms with van der Waals surface area (Å²) < 4.78 is 24.1. The normalized spacial score (nSPS) is 11.4. The molecule has 0 saturated carbocycles. The molecule has 0 bridgehead atoms. The fraction of sp³-hybridized carbons (Fsp3) is 0.286. The fourth-order valence-electron chi connectivity index (χ4n) is 1.99. The summed E-state index contributed by atoms with van der Waals surface area (Å²) in [6, 6.07) is 3.42. The Morgan fingerprint density at radius 2 is 2.21 bits per heavy atom. The number of aromatic nitrogens is 4. The van der Waals surface area contributed by atoms with Crippen molar-refractivity contribution < 1.29 is 13.2 Å². The predicted molar refractivity (Wildman–Crippen MR) is 92.3 cm³/mol. The van der Waals surface area contributed by atoms with E-state index >= 15 is 0 Å². The topological polar surface area (TPSA) is 106 Å². The molecule has 0 fully saturated rings. The summed E-state index contributed by atoms with van der Waals surface area (Å²) in [7, 11) is -3.56. The van der Waals surface area contributed by atoms with Gasteiger partial charge in [-0.15, -0.1) is 18.3 Å². The second kappa shape index (κ2) is 7.91. The molecule has 10 heteroatoms. The van der Waals surface area contributed by atoms with Gasteiger partial charge >= 0.3 is 0 Å².